The number of carbonyl (C=O) groups excluding carboxylic acids is 2. The molecule has 2 saturated heterocycles. The van der Waals surface area contributed by atoms with Crippen molar-refractivity contribution in [3.63, 3.8) is 0 Å². The highest BCUT2D eigenvalue weighted by atomic mass is 16.4. The fraction of sp³-hybridized carbons (Fsp3) is 0.880. The van der Waals surface area contributed by atoms with Crippen LogP contribution in [0, 0.1) is 23.7 Å². The zero-order valence-electron chi connectivity index (χ0n) is 20.0. The molecule has 3 rings (SSSR count). The largest absolute Gasteiger partial charge is 0.481 e. The Balaban J connectivity index is 1.77. The van der Waals surface area contributed by atoms with Gasteiger partial charge in [0, 0.05) is 19.1 Å². The monoisotopic (exact) mass is 449 g/mol. The van der Waals surface area contributed by atoms with Gasteiger partial charge in [0.1, 0.15) is 6.04 Å². The van der Waals surface area contributed by atoms with E-state index in [2.05, 4.69) is 15.5 Å². The Hall–Kier alpha value is -1.63. The summed E-state index contributed by atoms with van der Waals surface area (Å²) in [6.45, 7) is 6.34. The van der Waals surface area contributed by atoms with E-state index >= 15 is 0 Å². The maximum atomic E-state index is 13.1. The van der Waals surface area contributed by atoms with Crippen molar-refractivity contribution in [2.45, 2.75) is 96.6 Å². The van der Waals surface area contributed by atoms with E-state index in [-0.39, 0.29) is 11.8 Å². The van der Waals surface area contributed by atoms with Crippen molar-refractivity contribution < 1.29 is 19.5 Å². The Bertz CT molecular complexity index is 655. The molecule has 1 saturated carbocycles. The van der Waals surface area contributed by atoms with Crippen LogP contribution in [0.4, 0.5) is 0 Å². The Morgan fingerprint density at radius 3 is 2.66 bits per heavy atom. The summed E-state index contributed by atoms with van der Waals surface area (Å²) in [7, 11) is 0. The quantitative estimate of drug-likeness (QED) is 0.578. The van der Waals surface area contributed by atoms with E-state index in [4.69, 9.17) is 0 Å². The van der Waals surface area contributed by atoms with E-state index in [1.54, 1.807) is 6.92 Å². The number of amides is 2. The number of carboxylic acids is 1. The summed E-state index contributed by atoms with van der Waals surface area (Å²) in [6, 6.07) is 0.0344. The van der Waals surface area contributed by atoms with E-state index in [0.29, 0.717) is 37.3 Å². The van der Waals surface area contributed by atoms with Gasteiger partial charge in [-0.3, -0.25) is 19.3 Å². The second-order valence-corrected chi connectivity index (χ2v) is 10.3. The van der Waals surface area contributed by atoms with Crippen LogP contribution in [0.2, 0.25) is 0 Å². The average Bonchev–Trinajstić information content (AvgIpc) is 3.13. The van der Waals surface area contributed by atoms with E-state index in [9.17, 15) is 19.5 Å². The van der Waals surface area contributed by atoms with Crippen molar-refractivity contribution in [2.75, 3.05) is 19.6 Å². The van der Waals surface area contributed by atoms with Gasteiger partial charge in [-0.2, -0.15) is 0 Å². The molecule has 2 bridgehead atoms. The first kappa shape index (κ1) is 25.0. The third-order valence-electron chi connectivity index (χ3n) is 8.10. The van der Waals surface area contributed by atoms with Crippen LogP contribution in [-0.4, -0.2) is 59.5 Å². The standard InChI is InChI=1S/C25H43N3O4/c1-3-10-19(17(2)25(31)32)23(29)27-21-15-18-16-28(22-12-7-6-11-20(18)22)14-9-5-4-8-13-26-24(21)30/h17-22H,3-16H2,1-2H3,(H,26,30)(H,27,29)(H,31,32)/t17?,18?,19-,20?,21+,22?/m1/s1. The van der Waals surface area contributed by atoms with Gasteiger partial charge in [0.25, 0.3) is 0 Å². The van der Waals surface area contributed by atoms with Gasteiger partial charge in [0.05, 0.1) is 11.8 Å². The molecule has 32 heavy (non-hydrogen) atoms. The van der Waals surface area contributed by atoms with E-state index in [0.717, 1.165) is 32.4 Å². The summed E-state index contributed by atoms with van der Waals surface area (Å²) in [5.74, 6) is -1.74. The van der Waals surface area contributed by atoms with Gasteiger partial charge in [-0.1, -0.05) is 46.0 Å². The Morgan fingerprint density at radius 1 is 1.16 bits per heavy atom. The van der Waals surface area contributed by atoms with Crippen molar-refractivity contribution in [1.82, 2.24) is 15.5 Å². The first-order chi connectivity index (χ1) is 15.4. The van der Waals surface area contributed by atoms with Gasteiger partial charge >= 0.3 is 5.97 Å². The topological polar surface area (TPSA) is 98.7 Å². The summed E-state index contributed by atoms with van der Waals surface area (Å²) in [5.41, 5.74) is 0. The number of nitrogens with zero attached hydrogens (tertiary/aromatic N) is 1. The molecule has 1 aliphatic carbocycles. The van der Waals surface area contributed by atoms with Crippen LogP contribution in [0.5, 0.6) is 0 Å². The van der Waals surface area contributed by atoms with E-state index in [1.807, 2.05) is 6.92 Å². The Morgan fingerprint density at radius 2 is 1.91 bits per heavy atom. The molecule has 3 aliphatic rings. The van der Waals surface area contributed by atoms with Crippen LogP contribution in [0.1, 0.15) is 84.5 Å². The van der Waals surface area contributed by atoms with Crippen molar-refractivity contribution in [1.29, 1.82) is 0 Å². The third kappa shape index (κ3) is 6.24. The van der Waals surface area contributed by atoms with Crippen molar-refractivity contribution in [3.05, 3.63) is 0 Å². The van der Waals surface area contributed by atoms with Crippen LogP contribution in [0.15, 0.2) is 0 Å². The molecule has 2 aliphatic heterocycles. The molecule has 0 aromatic carbocycles. The lowest BCUT2D eigenvalue weighted by molar-refractivity contribution is -0.147. The molecule has 0 radical (unpaired) electrons. The minimum absolute atomic E-state index is 0.110. The molecule has 0 aromatic heterocycles. The fourth-order valence-electron chi connectivity index (χ4n) is 6.25. The maximum absolute atomic E-state index is 13.1. The second kappa shape index (κ2) is 12.0. The van der Waals surface area contributed by atoms with Crippen LogP contribution in [0.25, 0.3) is 0 Å². The number of hydrogen-bond donors (Lipinski definition) is 3. The number of hydrogen-bond acceptors (Lipinski definition) is 4. The lowest BCUT2D eigenvalue weighted by Crippen LogP contribution is -2.51. The molecule has 0 spiro atoms. The summed E-state index contributed by atoms with van der Waals surface area (Å²) in [5, 5.41) is 15.5. The van der Waals surface area contributed by atoms with Crippen molar-refractivity contribution >= 4 is 17.8 Å². The summed E-state index contributed by atoms with van der Waals surface area (Å²) in [4.78, 5) is 40.5. The molecule has 7 nitrogen and oxygen atoms in total. The van der Waals surface area contributed by atoms with Crippen LogP contribution >= 0.6 is 0 Å². The number of fused-ring (bicyclic) bond motifs is 5. The van der Waals surface area contributed by atoms with Crippen LogP contribution in [0.3, 0.4) is 0 Å². The average molecular weight is 450 g/mol. The summed E-state index contributed by atoms with van der Waals surface area (Å²) < 4.78 is 0. The molecule has 7 heteroatoms. The zero-order chi connectivity index (χ0) is 23.1. The predicted molar refractivity (Wildman–Crippen MR) is 124 cm³/mol. The maximum Gasteiger partial charge on any atom is 0.307 e. The van der Waals surface area contributed by atoms with Gasteiger partial charge in [-0.05, 0) is 56.9 Å². The number of carbonyl (C=O) groups is 3. The minimum Gasteiger partial charge on any atom is -0.481 e. The molecule has 0 aromatic rings. The van der Waals surface area contributed by atoms with Crippen LogP contribution in [-0.2, 0) is 14.4 Å². The zero-order valence-corrected chi connectivity index (χ0v) is 20.0. The SMILES string of the molecule is CCC[C@@H](C(=O)N[C@H]1CC2CN(CCCCCCNC1=O)C1CCCCC21)C(C)C(=O)O. The second-order valence-electron chi connectivity index (χ2n) is 10.3. The molecular weight excluding hydrogens is 406 g/mol. The third-order valence-corrected chi connectivity index (χ3v) is 8.10. The number of nitrogens with one attached hydrogen (secondary N) is 2. The molecule has 7 atom stereocenters. The summed E-state index contributed by atoms with van der Waals surface area (Å²) in [6.07, 6.45) is 11.4. The molecule has 3 N–H and O–H groups in total. The first-order valence-electron chi connectivity index (χ1n) is 13.0. The highest BCUT2D eigenvalue weighted by Crippen LogP contribution is 2.42. The number of carboxylic acid groups (broad SMARTS) is 1. The molecule has 2 heterocycles. The normalized spacial score (nSPS) is 33.4. The number of rotatable bonds is 6. The molecule has 182 valence electrons. The van der Waals surface area contributed by atoms with Crippen molar-refractivity contribution in [2.24, 2.45) is 23.7 Å². The summed E-state index contributed by atoms with van der Waals surface area (Å²) >= 11 is 0. The molecular formula is C25H43N3O4. The fourth-order valence-corrected chi connectivity index (χ4v) is 6.25. The van der Waals surface area contributed by atoms with Crippen molar-refractivity contribution in [3.8, 4) is 0 Å². The highest BCUT2D eigenvalue weighted by molar-refractivity contribution is 5.90. The molecule has 3 fully saturated rings. The predicted octanol–water partition coefficient (Wildman–Crippen LogP) is 3.18. The van der Waals surface area contributed by atoms with E-state index in [1.165, 1.54) is 38.5 Å². The molecule has 5 unspecified atom stereocenters. The Kier molecular flexibility index (Phi) is 9.38. The molecule has 2 amide bonds. The smallest absolute Gasteiger partial charge is 0.307 e. The van der Waals surface area contributed by atoms with Crippen LogP contribution < -0.4 is 10.6 Å². The van der Waals surface area contributed by atoms with Gasteiger partial charge < -0.3 is 15.7 Å². The van der Waals surface area contributed by atoms with Gasteiger partial charge in [0.2, 0.25) is 11.8 Å². The van der Waals surface area contributed by atoms with Gasteiger partial charge in [-0.15, -0.1) is 0 Å². The van der Waals surface area contributed by atoms with Gasteiger partial charge in [0.15, 0.2) is 0 Å². The Labute approximate surface area is 193 Å². The highest BCUT2D eigenvalue weighted by Gasteiger charge is 2.44. The van der Waals surface area contributed by atoms with Gasteiger partial charge in [-0.25, -0.2) is 0 Å². The lowest BCUT2D eigenvalue weighted by Gasteiger charge is -2.33. The van der Waals surface area contributed by atoms with E-state index < -0.39 is 23.8 Å². The number of aliphatic carboxylic acids is 1. The first-order valence-corrected chi connectivity index (χ1v) is 13.0. The minimum atomic E-state index is -0.963. The lowest BCUT2D eigenvalue weighted by atomic mass is 9.77.